The highest BCUT2D eigenvalue weighted by molar-refractivity contribution is 6.02. The molecule has 5 aromatic rings. The molecule has 11 nitrogen and oxygen atoms in total. The number of ether oxygens (including phenoxy) is 1. The van der Waals surface area contributed by atoms with E-state index in [-0.39, 0.29) is 65.1 Å². The maximum absolute atomic E-state index is 16.8. The van der Waals surface area contributed by atoms with Crippen LogP contribution in [-0.2, 0) is 19.5 Å². The predicted octanol–water partition coefficient (Wildman–Crippen LogP) is 5.29. The lowest BCUT2D eigenvalue weighted by molar-refractivity contribution is 0.0689. The number of carboxylic acids is 1. The Morgan fingerprint density at radius 1 is 1.21 bits per heavy atom. The number of carbonyl (C=O) groups is 1. The quantitative estimate of drug-likeness (QED) is 0.214. The molecule has 2 aromatic carbocycles. The van der Waals surface area contributed by atoms with E-state index in [4.69, 9.17) is 4.74 Å². The Morgan fingerprint density at radius 2 is 2.06 bits per heavy atom. The van der Waals surface area contributed by atoms with Gasteiger partial charge in [-0.1, -0.05) is 13.0 Å². The van der Waals surface area contributed by atoms with Gasteiger partial charge in [0.15, 0.2) is 11.5 Å². The minimum Gasteiger partial charge on any atom is -0.508 e. The Kier molecular flexibility index (Phi) is 6.76. The summed E-state index contributed by atoms with van der Waals surface area (Å²) in [5.74, 6) is -2.34. The van der Waals surface area contributed by atoms with Crippen LogP contribution in [-0.4, -0.2) is 77.6 Å². The molecule has 0 saturated carbocycles. The summed E-state index contributed by atoms with van der Waals surface area (Å²) in [7, 11) is 0. The van der Waals surface area contributed by atoms with Gasteiger partial charge in [0, 0.05) is 36.8 Å². The van der Waals surface area contributed by atoms with E-state index in [9.17, 15) is 23.8 Å². The Hall–Kier alpha value is -4.98. The first-order chi connectivity index (χ1) is 22.7. The Balaban J connectivity index is 1.27. The number of H-pyrrole nitrogens is 1. The minimum absolute atomic E-state index is 0.110. The number of anilines is 1. The molecule has 14 heteroatoms. The van der Waals surface area contributed by atoms with E-state index in [0.29, 0.717) is 47.0 Å². The fourth-order valence-corrected chi connectivity index (χ4v) is 7.66. The molecule has 8 rings (SSSR count). The Bertz CT molecular complexity index is 2110. The number of alkyl halides is 1. The standard InChI is InChI=1S/C33H30F3N7O4/c1-2-19-23(35)5-4-16-8-18(44)9-20(25(16)19)27-26(36)28-21(11-37-27)30(42-13-22-24(14-42)40-41-29(22)31(45)46)39-32(38-28)47-15-33-6-3-7-43(33)12-17(34)10-33/h4-5,8-9,11,17,44H,2-3,6-7,10,12-15H2,1H3,(H,40,41)(H,45,46)/t17-,33+/m1/s1. The maximum Gasteiger partial charge on any atom is 0.356 e. The van der Waals surface area contributed by atoms with Crippen LogP contribution in [0.2, 0.25) is 0 Å². The second kappa shape index (κ2) is 10.8. The van der Waals surface area contributed by atoms with E-state index in [1.807, 2.05) is 0 Å². The van der Waals surface area contributed by atoms with Crippen molar-refractivity contribution in [1.29, 1.82) is 0 Å². The number of nitrogens with zero attached hydrogens (tertiary/aromatic N) is 6. The average Bonchev–Trinajstić information content (AvgIpc) is 3.80. The SMILES string of the molecule is CCc1c(F)ccc2cc(O)cc(-c3ncc4c(N5Cc6[nH]nc(C(=O)O)c6C5)nc(OC[C@@]56CCCN5C[C@H](F)C6)nc4c3F)c12. The zero-order chi connectivity index (χ0) is 32.6. The normalized spacial score (nSPS) is 20.8. The number of benzene rings is 2. The molecule has 2 fully saturated rings. The number of rotatable bonds is 7. The van der Waals surface area contributed by atoms with E-state index < -0.39 is 29.3 Å². The van der Waals surface area contributed by atoms with Crippen molar-refractivity contribution in [2.24, 2.45) is 0 Å². The lowest BCUT2D eigenvalue weighted by atomic mass is 9.94. The van der Waals surface area contributed by atoms with Gasteiger partial charge in [-0.2, -0.15) is 15.1 Å². The van der Waals surface area contributed by atoms with E-state index in [2.05, 4.69) is 30.0 Å². The van der Waals surface area contributed by atoms with E-state index in [0.717, 1.165) is 19.4 Å². The first-order valence-electron chi connectivity index (χ1n) is 15.5. The van der Waals surface area contributed by atoms with Gasteiger partial charge >= 0.3 is 12.0 Å². The van der Waals surface area contributed by atoms with Gasteiger partial charge in [0.05, 0.1) is 23.2 Å². The number of aromatic hydroxyl groups is 1. The number of aromatic carboxylic acids is 1. The van der Waals surface area contributed by atoms with Crippen LogP contribution in [0.1, 0.15) is 53.5 Å². The van der Waals surface area contributed by atoms with Crippen molar-refractivity contribution in [2.75, 3.05) is 24.6 Å². The van der Waals surface area contributed by atoms with Crippen molar-refractivity contribution in [3.63, 3.8) is 0 Å². The van der Waals surface area contributed by atoms with Crippen molar-refractivity contribution < 1.29 is 32.9 Å². The second-order valence-electron chi connectivity index (χ2n) is 12.5. The summed E-state index contributed by atoms with van der Waals surface area (Å²) in [5, 5.41) is 28.0. The van der Waals surface area contributed by atoms with E-state index in [1.165, 1.54) is 30.5 Å². The number of aromatic nitrogens is 5. The van der Waals surface area contributed by atoms with Gasteiger partial charge < -0.3 is 19.8 Å². The summed E-state index contributed by atoms with van der Waals surface area (Å²) in [6, 6.07) is 5.56. The van der Waals surface area contributed by atoms with Crippen LogP contribution in [0.25, 0.3) is 32.9 Å². The monoisotopic (exact) mass is 645 g/mol. The molecule has 242 valence electrons. The molecule has 2 saturated heterocycles. The van der Waals surface area contributed by atoms with Crippen LogP contribution in [0.5, 0.6) is 11.8 Å². The minimum atomic E-state index is -1.18. The summed E-state index contributed by atoms with van der Waals surface area (Å²) >= 11 is 0. The summed E-state index contributed by atoms with van der Waals surface area (Å²) in [4.78, 5) is 29.2. The molecule has 0 amide bonds. The van der Waals surface area contributed by atoms with Crippen LogP contribution in [0, 0.1) is 11.6 Å². The number of phenolic OH excluding ortho intramolecular Hbond substituents is 1. The predicted molar refractivity (Wildman–Crippen MR) is 165 cm³/mol. The highest BCUT2D eigenvalue weighted by atomic mass is 19.1. The number of phenols is 1. The van der Waals surface area contributed by atoms with Crippen molar-refractivity contribution in [3.05, 3.63) is 64.6 Å². The topological polar surface area (TPSA) is 141 Å². The van der Waals surface area contributed by atoms with Gasteiger partial charge in [-0.25, -0.2) is 18.0 Å². The number of hydrogen-bond acceptors (Lipinski definition) is 9. The molecule has 3 aliphatic heterocycles. The third kappa shape index (κ3) is 4.64. The molecule has 0 aliphatic carbocycles. The first-order valence-corrected chi connectivity index (χ1v) is 15.5. The van der Waals surface area contributed by atoms with Gasteiger partial charge in [-0.3, -0.25) is 15.0 Å². The van der Waals surface area contributed by atoms with Crippen LogP contribution in [0.3, 0.4) is 0 Å². The zero-order valence-corrected chi connectivity index (χ0v) is 25.4. The lowest BCUT2D eigenvalue weighted by Crippen LogP contribution is -2.43. The van der Waals surface area contributed by atoms with Crippen molar-refractivity contribution in [3.8, 4) is 23.0 Å². The van der Waals surface area contributed by atoms with E-state index >= 15 is 4.39 Å². The Labute approximate surface area is 266 Å². The van der Waals surface area contributed by atoms with Gasteiger partial charge in [0.25, 0.3) is 0 Å². The number of fused-ring (bicyclic) bond motifs is 4. The first kappa shape index (κ1) is 29.4. The highest BCUT2D eigenvalue weighted by Gasteiger charge is 2.49. The van der Waals surface area contributed by atoms with Gasteiger partial charge in [-0.05, 0) is 60.3 Å². The number of aromatic amines is 1. The highest BCUT2D eigenvalue weighted by Crippen LogP contribution is 2.42. The smallest absolute Gasteiger partial charge is 0.356 e. The van der Waals surface area contributed by atoms with Gasteiger partial charge in [0.2, 0.25) is 0 Å². The van der Waals surface area contributed by atoms with Crippen molar-refractivity contribution >= 4 is 33.5 Å². The molecule has 3 aromatic heterocycles. The number of nitrogens with one attached hydrogen (secondary N) is 1. The van der Waals surface area contributed by atoms with Crippen LogP contribution in [0.15, 0.2) is 30.5 Å². The molecule has 3 N–H and O–H groups in total. The summed E-state index contributed by atoms with van der Waals surface area (Å²) in [6.45, 7) is 3.34. The van der Waals surface area contributed by atoms with Gasteiger partial charge in [-0.15, -0.1) is 0 Å². The molecule has 3 aliphatic rings. The summed E-state index contributed by atoms with van der Waals surface area (Å²) in [6.07, 6.45) is 2.75. The third-order valence-electron chi connectivity index (χ3n) is 9.79. The molecule has 0 unspecified atom stereocenters. The van der Waals surface area contributed by atoms with Crippen molar-refractivity contribution in [2.45, 2.75) is 57.4 Å². The number of hydrogen-bond donors (Lipinski definition) is 3. The van der Waals surface area contributed by atoms with E-state index in [1.54, 1.807) is 11.8 Å². The van der Waals surface area contributed by atoms with Crippen LogP contribution in [0.4, 0.5) is 19.0 Å². The fourth-order valence-electron chi connectivity index (χ4n) is 7.66. The molecule has 0 bridgehead atoms. The number of aryl methyl sites for hydroxylation is 1. The summed E-state index contributed by atoms with van der Waals surface area (Å²) in [5.41, 5.74) is 0.746. The lowest BCUT2D eigenvalue weighted by Gasteiger charge is -2.31. The molecule has 0 spiro atoms. The molecule has 2 atom stereocenters. The number of halogens is 3. The largest absolute Gasteiger partial charge is 0.508 e. The molecule has 6 heterocycles. The third-order valence-corrected chi connectivity index (χ3v) is 9.79. The molecule has 0 radical (unpaired) electrons. The average molecular weight is 646 g/mol. The Morgan fingerprint density at radius 3 is 2.87 bits per heavy atom. The molecule has 47 heavy (non-hydrogen) atoms. The molecular weight excluding hydrogens is 615 g/mol. The molecular formula is C33H30F3N7O4. The second-order valence-corrected chi connectivity index (χ2v) is 12.5. The number of pyridine rings is 1. The number of carboxylic acid groups (broad SMARTS) is 1. The van der Waals surface area contributed by atoms with Gasteiger partial charge in [0.1, 0.15) is 41.4 Å². The van der Waals surface area contributed by atoms with Crippen LogP contribution >= 0.6 is 0 Å². The summed E-state index contributed by atoms with van der Waals surface area (Å²) < 4.78 is 52.4. The zero-order valence-electron chi connectivity index (χ0n) is 25.4. The van der Waals surface area contributed by atoms with Crippen molar-refractivity contribution in [1.82, 2.24) is 30.0 Å². The maximum atomic E-state index is 16.8. The van der Waals surface area contributed by atoms with Crippen LogP contribution < -0.4 is 9.64 Å². The fraction of sp³-hybridized carbons (Fsp3) is 0.364.